The summed E-state index contributed by atoms with van der Waals surface area (Å²) in [6.45, 7) is 5.09. The molecule has 0 rings (SSSR count). The molecule has 0 saturated carbocycles. The molecule has 25 heteroatoms. The van der Waals surface area contributed by atoms with Crippen molar-refractivity contribution in [3.05, 3.63) is 0 Å². The van der Waals surface area contributed by atoms with Gasteiger partial charge in [-0.1, -0.05) is 105 Å². The van der Waals surface area contributed by atoms with Gasteiger partial charge in [-0.15, -0.1) is 0 Å². The van der Waals surface area contributed by atoms with E-state index in [2.05, 4.69) is 0 Å². The first-order chi connectivity index (χ1) is 27.2. The van der Waals surface area contributed by atoms with E-state index >= 15 is 105 Å². The molecular formula is C36H52AlF24-. The minimum Gasteiger partial charge on any atom is -0.253 e. The predicted octanol–water partition coefficient (Wildman–Crippen LogP) is 17.1. The molecule has 0 nitrogen and oxygen atoms in total. The lowest BCUT2D eigenvalue weighted by Gasteiger charge is -2.61. The summed E-state index contributed by atoms with van der Waals surface area (Å²) in [7, 11) is 0. The van der Waals surface area contributed by atoms with Crippen LogP contribution in [0.2, 0.25) is 0 Å². The molecule has 0 aliphatic heterocycles. The van der Waals surface area contributed by atoms with E-state index in [0.29, 0.717) is 0 Å². The minimum atomic E-state index is -13.7. The number of hydrogen-bond acceptors (Lipinski definition) is 0. The predicted molar refractivity (Wildman–Crippen MR) is 180 cm³/mol. The quantitative estimate of drug-likeness (QED) is 0.0358. The van der Waals surface area contributed by atoms with Crippen LogP contribution in [0, 0.1) is 0 Å². The van der Waals surface area contributed by atoms with Crippen molar-refractivity contribution in [1.29, 1.82) is 0 Å². The molecule has 0 aromatic heterocycles. The Morgan fingerprint density at radius 3 is 0.508 bits per heavy atom. The number of halogens is 24. The maximum atomic E-state index is 16.6. The highest BCUT2D eigenvalue weighted by Crippen LogP contribution is 2.73. The van der Waals surface area contributed by atoms with Gasteiger partial charge < -0.3 is 0 Å². The van der Waals surface area contributed by atoms with Gasteiger partial charge in [-0.2, -0.15) is 70.2 Å². The van der Waals surface area contributed by atoms with E-state index in [-0.39, 0.29) is 51.4 Å². The minimum absolute atomic E-state index is 0.0363. The van der Waals surface area contributed by atoms with E-state index in [4.69, 9.17) is 0 Å². The summed E-state index contributed by atoms with van der Waals surface area (Å²) >= 11 is -13.7. The molecule has 0 N–H and O–H groups in total. The fourth-order valence-corrected chi connectivity index (χ4v) is 12.9. The molecule has 0 fully saturated rings. The summed E-state index contributed by atoms with van der Waals surface area (Å²) < 4.78 is 380. The zero-order chi connectivity index (χ0) is 48.6. The Balaban J connectivity index is 9.42. The third-order valence-electron chi connectivity index (χ3n) is 11.1. The Bertz CT molecular complexity index is 1110. The van der Waals surface area contributed by atoms with Crippen LogP contribution < -0.4 is 0 Å². The number of rotatable bonds is 32. The van der Waals surface area contributed by atoms with Gasteiger partial charge in [0, 0.05) is 25.7 Å². The van der Waals surface area contributed by atoms with Crippen LogP contribution in [0.25, 0.3) is 0 Å². The third kappa shape index (κ3) is 10.5. The van der Waals surface area contributed by atoms with Crippen molar-refractivity contribution in [3.8, 4) is 0 Å². The Kier molecular flexibility index (Phi) is 20.6. The molecule has 0 atom stereocenters. The molecule has 0 aromatic rings. The topological polar surface area (TPSA) is 0 Å². The summed E-state index contributed by atoms with van der Waals surface area (Å²) in [6.07, 6.45) is -22.9. The molecule has 0 amide bonds. The lowest BCUT2D eigenvalue weighted by atomic mass is 10.0. The maximum absolute atomic E-state index is 16.6. The van der Waals surface area contributed by atoms with Crippen LogP contribution in [0.4, 0.5) is 105 Å². The smallest absolute Gasteiger partial charge is 0.253 e. The van der Waals surface area contributed by atoms with Crippen LogP contribution in [0.1, 0.15) is 156 Å². The fourth-order valence-electron chi connectivity index (χ4n) is 7.15. The molecular weight excluding hydrogens is 915 g/mol. The van der Waals surface area contributed by atoms with E-state index < -0.39 is 157 Å². The zero-order valence-electron chi connectivity index (χ0n) is 33.8. The van der Waals surface area contributed by atoms with Crippen molar-refractivity contribution in [1.82, 2.24) is 0 Å². The van der Waals surface area contributed by atoms with Gasteiger partial charge in [0.1, 0.15) is 0 Å². The average molecular weight is 968 g/mol. The first-order valence-electron chi connectivity index (χ1n) is 19.9. The van der Waals surface area contributed by atoms with Crippen molar-refractivity contribution in [3.63, 3.8) is 0 Å². The van der Waals surface area contributed by atoms with Crippen LogP contribution >= 0.6 is 0 Å². The van der Waals surface area contributed by atoms with Crippen molar-refractivity contribution in [2.24, 2.45) is 0 Å². The fraction of sp³-hybridized carbons (Fsp3) is 1.00. The van der Waals surface area contributed by atoms with Crippen LogP contribution in [-0.4, -0.2) is 79.6 Å². The summed E-state index contributed by atoms with van der Waals surface area (Å²) in [5.74, 6) is -63.9. The zero-order valence-corrected chi connectivity index (χ0v) is 34.9. The number of unbranched alkanes of at least 4 members (excludes halogenated alkanes) is 12. The monoisotopic (exact) mass is 967 g/mol. The van der Waals surface area contributed by atoms with Gasteiger partial charge in [-0.3, -0.25) is 35.1 Å². The SMILES string of the molecule is CCCCCCC(F)(F)C(F)(F)[C](F)(F)[Al-]([C](F)(F)C(F)(F)C(F)(F)CCCCCC)([C](F)(F)C(F)(F)C(F)(F)CCCCCC)[C](F)(F)C(F)(F)C(F)(F)CCCCCC. The van der Waals surface area contributed by atoms with Crippen molar-refractivity contribution < 1.29 is 105 Å². The average Bonchev–Trinajstić information content (AvgIpc) is 3.11. The molecule has 0 radical (unpaired) electrons. The molecule has 0 spiro atoms. The van der Waals surface area contributed by atoms with Crippen LogP contribution in [0.15, 0.2) is 0 Å². The van der Waals surface area contributed by atoms with Gasteiger partial charge in [0.2, 0.25) is 0 Å². The van der Waals surface area contributed by atoms with E-state index in [1.165, 1.54) is 27.7 Å². The summed E-state index contributed by atoms with van der Waals surface area (Å²) in [5, 5.41) is 0. The van der Waals surface area contributed by atoms with Crippen molar-refractivity contribution in [2.45, 2.75) is 223 Å². The highest BCUT2D eigenvalue weighted by molar-refractivity contribution is 6.89. The first-order valence-corrected chi connectivity index (χ1v) is 22.2. The highest BCUT2D eigenvalue weighted by Gasteiger charge is 3.07. The van der Waals surface area contributed by atoms with E-state index in [1.54, 1.807) is 0 Å². The first kappa shape index (κ1) is 59.9. The lowest BCUT2D eigenvalue weighted by molar-refractivity contribution is -0.350. The second kappa shape index (κ2) is 21.0. The van der Waals surface area contributed by atoms with Gasteiger partial charge in [0.15, 0.2) is 19.1 Å². The van der Waals surface area contributed by atoms with Crippen LogP contribution in [-0.2, 0) is 0 Å². The molecule has 0 aliphatic carbocycles. The van der Waals surface area contributed by atoms with Crippen LogP contribution in [0.5, 0.6) is 0 Å². The van der Waals surface area contributed by atoms with E-state index in [9.17, 15) is 0 Å². The number of alkyl halides is 24. The second-order valence-electron chi connectivity index (χ2n) is 15.7. The molecule has 0 aliphatic rings. The van der Waals surface area contributed by atoms with Gasteiger partial charge in [0.05, 0.1) is 0 Å². The number of hydrogen-bond donors (Lipinski definition) is 0. The molecule has 0 unspecified atom stereocenters. The lowest BCUT2D eigenvalue weighted by Crippen LogP contribution is -2.96. The van der Waals surface area contributed by atoms with Gasteiger partial charge in [-0.25, -0.2) is 0 Å². The van der Waals surface area contributed by atoms with E-state index in [0.717, 1.165) is 0 Å². The molecule has 61 heavy (non-hydrogen) atoms. The molecule has 0 saturated heterocycles. The summed E-state index contributed by atoms with van der Waals surface area (Å²) in [5.41, 5.74) is 0. The van der Waals surface area contributed by atoms with Crippen molar-refractivity contribution >= 4 is 13.1 Å². The summed E-state index contributed by atoms with van der Waals surface area (Å²) in [6, 6.07) is 0. The second-order valence-corrected chi connectivity index (χ2v) is 20.3. The molecule has 0 aromatic carbocycles. The molecule has 368 valence electrons. The Morgan fingerprint density at radius 2 is 0.377 bits per heavy atom. The van der Waals surface area contributed by atoms with Crippen LogP contribution in [0.3, 0.4) is 0 Å². The largest absolute Gasteiger partial charge is 0.540 e. The van der Waals surface area contributed by atoms with Gasteiger partial charge >= 0.3 is 60.5 Å². The summed E-state index contributed by atoms with van der Waals surface area (Å²) in [4.78, 5) is -38.8. The Hall–Kier alpha value is -1.15. The van der Waals surface area contributed by atoms with E-state index in [1.807, 2.05) is 0 Å². The maximum Gasteiger partial charge on any atom is 0.540 e. The standard InChI is InChI=1S/4C9H13F6.Al/c4*1-2-3-4-5-6-8(12,13)9(14,15)7(10)11;/h4*2-6H2,1H3;/q;;;;-1. The third-order valence-corrected chi connectivity index (χ3v) is 16.9. The van der Waals surface area contributed by atoms with Gasteiger partial charge in [-0.05, 0) is 25.7 Å². The Labute approximate surface area is 341 Å². The van der Waals surface area contributed by atoms with Crippen molar-refractivity contribution in [2.75, 3.05) is 0 Å². The van der Waals surface area contributed by atoms with Gasteiger partial charge in [0.25, 0.3) is 0 Å². The Morgan fingerprint density at radius 1 is 0.230 bits per heavy atom. The normalized spacial score (nSPS) is 15.5. The molecule has 0 bridgehead atoms. The highest BCUT2D eigenvalue weighted by atomic mass is 27.3. The molecule has 0 heterocycles.